The topological polar surface area (TPSA) is 105 Å². The number of ether oxygens (including phenoxy) is 1. The SMILES string of the molecule is COCCn1c(NC(=O)CC(C)C)c(NCc2ccccc2)c(=O)[nH]c1=O. The number of aromatic nitrogens is 2. The molecule has 1 aromatic carbocycles. The summed E-state index contributed by atoms with van der Waals surface area (Å²) in [6, 6.07) is 9.52. The summed E-state index contributed by atoms with van der Waals surface area (Å²) in [5.74, 6) is 0.0400. The molecule has 0 aliphatic rings. The van der Waals surface area contributed by atoms with Crippen LogP contribution in [0.3, 0.4) is 0 Å². The standard InChI is InChI=1S/C19H26N4O4/c1-13(2)11-15(24)21-17-16(20-12-14-7-5-4-6-8-14)18(25)22-19(26)23(17)9-10-27-3/h4-8,13,20H,9-12H2,1-3H3,(H,21,24)(H,22,25,26). The van der Waals surface area contributed by atoms with Crippen LogP contribution in [0, 0.1) is 5.92 Å². The molecule has 0 atom stereocenters. The molecule has 1 heterocycles. The summed E-state index contributed by atoms with van der Waals surface area (Å²) in [6.07, 6.45) is 0.281. The molecule has 0 aliphatic heterocycles. The molecule has 0 fully saturated rings. The fourth-order valence-corrected chi connectivity index (χ4v) is 2.60. The molecular formula is C19H26N4O4. The van der Waals surface area contributed by atoms with Crippen molar-refractivity contribution in [3.05, 3.63) is 56.7 Å². The summed E-state index contributed by atoms with van der Waals surface area (Å²) in [7, 11) is 1.52. The number of H-pyrrole nitrogens is 1. The van der Waals surface area contributed by atoms with Crippen molar-refractivity contribution in [3.63, 3.8) is 0 Å². The Morgan fingerprint density at radius 3 is 2.56 bits per heavy atom. The number of benzene rings is 1. The third-order valence-corrected chi connectivity index (χ3v) is 3.88. The van der Waals surface area contributed by atoms with Crippen molar-refractivity contribution in [2.75, 3.05) is 24.4 Å². The van der Waals surface area contributed by atoms with Gasteiger partial charge in [0.2, 0.25) is 5.91 Å². The molecule has 27 heavy (non-hydrogen) atoms. The maximum absolute atomic E-state index is 12.4. The molecule has 0 radical (unpaired) electrons. The fourth-order valence-electron chi connectivity index (χ4n) is 2.60. The first-order chi connectivity index (χ1) is 12.9. The zero-order valence-electron chi connectivity index (χ0n) is 15.9. The van der Waals surface area contributed by atoms with Gasteiger partial charge in [-0.1, -0.05) is 44.2 Å². The second kappa shape index (κ2) is 9.72. The molecule has 0 unspecified atom stereocenters. The lowest BCUT2D eigenvalue weighted by Crippen LogP contribution is -2.36. The summed E-state index contributed by atoms with van der Waals surface area (Å²) in [6.45, 7) is 4.67. The minimum atomic E-state index is -0.595. The molecule has 0 spiro atoms. The molecule has 2 aromatic rings. The van der Waals surface area contributed by atoms with Crippen molar-refractivity contribution >= 4 is 17.4 Å². The molecular weight excluding hydrogens is 348 g/mol. The molecule has 8 heteroatoms. The number of nitrogens with zero attached hydrogens (tertiary/aromatic N) is 1. The quantitative estimate of drug-likeness (QED) is 0.620. The summed E-state index contributed by atoms with van der Waals surface area (Å²) in [5.41, 5.74) is -0.0655. The van der Waals surface area contributed by atoms with E-state index in [1.165, 1.54) is 11.7 Å². The lowest BCUT2D eigenvalue weighted by Gasteiger charge is -2.18. The average Bonchev–Trinajstić information content (AvgIpc) is 2.61. The number of hydrogen-bond donors (Lipinski definition) is 3. The van der Waals surface area contributed by atoms with Crippen LogP contribution in [0.1, 0.15) is 25.8 Å². The Bertz CT molecular complexity index is 872. The zero-order valence-corrected chi connectivity index (χ0v) is 15.9. The Labute approximate surface area is 157 Å². The van der Waals surface area contributed by atoms with Crippen LogP contribution in [0.15, 0.2) is 39.9 Å². The third-order valence-electron chi connectivity index (χ3n) is 3.88. The highest BCUT2D eigenvalue weighted by Crippen LogP contribution is 2.17. The van der Waals surface area contributed by atoms with E-state index >= 15 is 0 Å². The van der Waals surface area contributed by atoms with Crippen LogP contribution >= 0.6 is 0 Å². The molecule has 3 N–H and O–H groups in total. The number of nitrogens with one attached hydrogen (secondary N) is 3. The van der Waals surface area contributed by atoms with Gasteiger partial charge in [0.15, 0.2) is 0 Å². The second-order valence-electron chi connectivity index (χ2n) is 6.61. The van der Waals surface area contributed by atoms with Gasteiger partial charge in [-0.05, 0) is 11.5 Å². The number of amides is 1. The van der Waals surface area contributed by atoms with Gasteiger partial charge in [0.05, 0.1) is 13.2 Å². The highest BCUT2D eigenvalue weighted by molar-refractivity contribution is 5.92. The van der Waals surface area contributed by atoms with Crippen molar-refractivity contribution in [3.8, 4) is 0 Å². The summed E-state index contributed by atoms with van der Waals surface area (Å²) < 4.78 is 6.34. The maximum Gasteiger partial charge on any atom is 0.330 e. The van der Waals surface area contributed by atoms with E-state index in [0.29, 0.717) is 6.54 Å². The van der Waals surface area contributed by atoms with Crippen LogP contribution < -0.4 is 21.9 Å². The summed E-state index contributed by atoms with van der Waals surface area (Å²) >= 11 is 0. The Kier molecular flexibility index (Phi) is 7.36. The monoisotopic (exact) mass is 374 g/mol. The van der Waals surface area contributed by atoms with Crippen LogP contribution in [-0.4, -0.2) is 29.2 Å². The first-order valence-electron chi connectivity index (χ1n) is 8.86. The normalized spacial score (nSPS) is 10.8. The van der Waals surface area contributed by atoms with Crippen LogP contribution in [0.4, 0.5) is 11.5 Å². The first kappa shape index (κ1) is 20.4. The zero-order chi connectivity index (χ0) is 19.8. The van der Waals surface area contributed by atoms with Gasteiger partial charge in [-0.3, -0.25) is 19.1 Å². The fraction of sp³-hybridized carbons (Fsp3) is 0.421. The van der Waals surface area contributed by atoms with Crippen molar-refractivity contribution in [1.82, 2.24) is 9.55 Å². The number of rotatable bonds is 9. The van der Waals surface area contributed by atoms with Gasteiger partial charge >= 0.3 is 5.69 Å². The lowest BCUT2D eigenvalue weighted by atomic mass is 10.1. The number of anilines is 2. The number of methoxy groups -OCH3 is 1. The van der Waals surface area contributed by atoms with Gasteiger partial charge in [-0.15, -0.1) is 0 Å². The van der Waals surface area contributed by atoms with Crippen LogP contribution in [-0.2, 0) is 22.6 Å². The Balaban J connectivity index is 2.40. The molecule has 1 aromatic heterocycles. The second-order valence-corrected chi connectivity index (χ2v) is 6.61. The minimum absolute atomic E-state index is 0.145. The molecule has 1 amide bonds. The maximum atomic E-state index is 12.4. The van der Waals surface area contributed by atoms with Gasteiger partial charge in [-0.25, -0.2) is 4.79 Å². The van der Waals surface area contributed by atoms with Crippen LogP contribution in [0.2, 0.25) is 0 Å². The average molecular weight is 374 g/mol. The van der Waals surface area contributed by atoms with Crippen LogP contribution in [0.25, 0.3) is 0 Å². The van der Waals surface area contributed by atoms with Gasteiger partial charge in [0.25, 0.3) is 5.56 Å². The number of carbonyl (C=O) groups is 1. The van der Waals surface area contributed by atoms with Crippen molar-refractivity contribution < 1.29 is 9.53 Å². The Morgan fingerprint density at radius 1 is 1.22 bits per heavy atom. The van der Waals surface area contributed by atoms with E-state index in [2.05, 4.69) is 15.6 Å². The predicted molar refractivity (Wildman–Crippen MR) is 105 cm³/mol. The molecule has 0 aliphatic carbocycles. The van der Waals surface area contributed by atoms with E-state index in [-0.39, 0.29) is 42.9 Å². The van der Waals surface area contributed by atoms with Gasteiger partial charge < -0.3 is 15.4 Å². The van der Waals surface area contributed by atoms with E-state index in [0.717, 1.165) is 5.56 Å². The summed E-state index contributed by atoms with van der Waals surface area (Å²) in [5, 5.41) is 5.76. The molecule has 2 rings (SSSR count). The predicted octanol–water partition coefficient (Wildman–Crippen LogP) is 1.78. The van der Waals surface area contributed by atoms with Crippen molar-refractivity contribution in [2.24, 2.45) is 5.92 Å². The lowest BCUT2D eigenvalue weighted by molar-refractivity contribution is -0.116. The highest BCUT2D eigenvalue weighted by Gasteiger charge is 2.18. The number of carbonyl (C=O) groups excluding carboxylic acids is 1. The van der Waals surface area contributed by atoms with E-state index in [1.54, 1.807) is 0 Å². The van der Waals surface area contributed by atoms with E-state index in [1.807, 2.05) is 44.2 Å². The third kappa shape index (κ3) is 5.82. The van der Waals surface area contributed by atoms with Crippen molar-refractivity contribution in [2.45, 2.75) is 33.4 Å². The Morgan fingerprint density at radius 2 is 1.93 bits per heavy atom. The highest BCUT2D eigenvalue weighted by atomic mass is 16.5. The molecule has 0 bridgehead atoms. The summed E-state index contributed by atoms with van der Waals surface area (Å²) in [4.78, 5) is 39.3. The molecule has 0 saturated heterocycles. The minimum Gasteiger partial charge on any atom is -0.383 e. The van der Waals surface area contributed by atoms with Gasteiger partial charge in [0.1, 0.15) is 11.5 Å². The number of aromatic amines is 1. The Hall–Kier alpha value is -2.87. The van der Waals surface area contributed by atoms with Gasteiger partial charge in [0, 0.05) is 20.1 Å². The van der Waals surface area contributed by atoms with Crippen molar-refractivity contribution in [1.29, 1.82) is 0 Å². The molecule has 0 saturated carbocycles. The molecule has 8 nitrogen and oxygen atoms in total. The van der Waals surface area contributed by atoms with E-state index < -0.39 is 11.2 Å². The van der Waals surface area contributed by atoms with E-state index in [4.69, 9.17) is 4.74 Å². The van der Waals surface area contributed by atoms with E-state index in [9.17, 15) is 14.4 Å². The molecule has 146 valence electrons. The number of hydrogen-bond acceptors (Lipinski definition) is 5. The first-order valence-corrected chi connectivity index (χ1v) is 8.86. The largest absolute Gasteiger partial charge is 0.383 e. The smallest absolute Gasteiger partial charge is 0.330 e. The van der Waals surface area contributed by atoms with Crippen LogP contribution in [0.5, 0.6) is 0 Å². The van der Waals surface area contributed by atoms with Gasteiger partial charge in [-0.2, -0.15) is 0 Å².